The van der Waals surface area contributed by atoms with Gasteiger partial charge in [0.05, 0.1) is 25.2 Å². The molecule has 6 nitrogen and oxygen atoms in total. The average Bonchev–Trinajstić information content (AvgIpc) is 2.28. The average molecular weight is 295 g/mol. The van der Waals surface area contributed by atoms with Crippen molar-refractivity contribution in [2.45, 2.75) is 45.4 Å². The maximum Gasteiger partial charge on any atom is 0.307 e. The van der Waals surface area contributed by atoms with Crippen LogP contribution in [-0.2, 0) is 19.1 Å². The van der Waals surface area contributed by atoms with Gasteiger partial charge in [0.15, 0.2) is 0 Å². The quantitative estimate of drug-likeness (QED) is 0.711. The maximum atomic E-state index is 11.8. The van der Waals surface area contributed by atoms with E-state index in [9.17, 15) is 9.59 Å². The third-order valence-corrected chi connectivity index (χ3v) is 2.59. The molecule has 2 N–H and O–H groups in total. The van der Waals surface area contributed by atoms with Crippen LogP contribution in [0.15, 0.2) is 0 Å². The summed E-state index contributed by atoms with van der Waals surface area (Å²) in [6.45, 7) is 7.01. The molecule has 0 aromatic rings. The van der Waals surface area contributed by atoms with E-state index in [0.717, 1.165) is 0 Å². The van der Waals surface area contributed by atoms with Gasteiger partial charge in [0.1, 0.15) is 6.04 Å². The van der Waals surface area contributed by atoms with Crippen LogP contribution in [0.5, 0.6) is 0 Å². The van der Waals surface area contributed by atoms with Gasteiger partial charge in [-0.2, -0.15) is 0 Å². The van der Waals surface area contributed by atoms with Crippen molar-refractivity contribution >= 4 is 24.3 Å². The standard InChI is InChI=1S/C12H22N2O4.ClH/c1-8(2)18-10(15)4-5-14-12(16)11-9(3)17-7-6-13-11;/h8-9,11,13H,4-7H2,1-3H3,(H,14,16);1H/t9-,11+;/m1./s1. The highest BCUT2D eigenvalue weighted by atomic mass is 35.5. The van der Waals surface area contributed by atoms with Crippen molar-refractivity contribution in [2.24, 2.45) is 0 Å². The van der Waals surface area contributed by atoms with E-state index in [2.05, 4.69) is 10.6 Å². The Balaban J connectivity index is 0.00000324. The van der Waals surface area contributed by atoms with Crippen LogP contribution < -0.4 is 10.6 Å². The molecule has 1 heterocycles. The molecule has 1 fully saturated rings. The number of morpholine rings is 1. The fraction of sp³-hybridized carbons (Fsp3) is 0.833. The number of hydrogen-bond donors (Lipinski definition) is 2. The van der Waals surface area contributed by atoms with Crippen molar-refractivity contribution in [3.63, 3.8) is 0 Å². The first-order valence-electron chi connectivity index (χ1n) is 6.33. The van der Waals surface area contributed by atoms with Gasteiger partial charge in [0.2, 0.25) is 5.91 Å². The molecule has 1 aliphatic rings. The van der Waals surface area contributed by atoms with Crippen LogP contribution in [0.4, 0.5) is 0 Å². The second kappa shape index (κ2) is 9.12. The molecular weight excluding hydrogens is 272 g/mol. The lowest BCUT2D eigenvalue weighted by Crippen LogP contribution is -2.55. The Morgan fingerprint density at radius 1 is 1.47 bits per heavy atom. The van der Waals surface area contributed by atoms with E-state index in [1.165, 1.54) is 0 Å². The zero-order valence-electron chi connectivity index (χ0n) is 11.6. The number of amides is 1. The van der Waals surface area contributed by atoms with E-state index in [0.29, 0.717) is 13.2 Å². The van der Waals surface area contributed by atoms with Gasteiger partial charge in [-0.25, -0.2) is 0 Å². The van der Waals surface area contributed by atoms with Crippen LogP contribution in [0.25, 0.3) is 0 Å². The lowest BCUT2D eigenvalue weighted by molar-refractivity contribution is -0.147. The molecule has 0 aromatic heterocycles. The summed E-state index contributed by atoms with van der Waals surface area (Å²) >= 11 is 0. The van der Waals surface area contributed by atoms with Gasteiger partial charge in [-0.3, -0.25) is 9.59 Å². The number of halogens is 1. The van der Waals surface area contributed by atoms with E-state index >= 15 is 0 Å². The van der Waals surface area contributed by atoms with Crippen molar-refractivity contribution in [1.82, 2.24) is 10.6 Å². The van der Waals surface area contributed by atoms with Crippen molar-refractivity contribution in [3.8, 4) is 0 Å². The van der Waals surface area contributed by atoms with E-state index < -0.39 is 0 Å². The highest BCUT2D eigenvalue weighted by molar-refractivity contribution is 5.85. The monoisotopic (exact) mass is 294 g/mol. The summed E-state index contributed by atoms with van der Waals surface area (Å²) in [6, 6.07) is -0.347. The molecule has 7 heteroatoms. The van der Waals surface area contributed by atoms with Gasteiger partial charge in [-0.1, -0.05) is 0 Å². The second-order valence-electron chi connectivity index (χ2n) is 4.59. The van der Waals surface area contributed by atoms with Crippen molar-refractivity contribution in [3.05, 3.63) is 0 Å². The first kappa shape index (κ1) is 18.1. The summed E-state index contributed by atoms with van der Waals surface area (Å²) in [7, 11) is 0. The lowest BCUT2D eigenvalue weighted by Gasteiger charge is -2.29. The molecule has 0 aliphatic carbocycles. The van der Waals surface area contributed by atoms with Gasteiger partial charge in [0, 0.05) is 13.1 Å². The van der Waals surface area contributed by atoms with E-state index in [-0.39, 0.29) is 55.5 Å². The van der Waals surface area contributed by atoms with Gasteiger partial charge in [-0.15, -0.1) is 12.4 Å². The Hall–Kier alpha value is -0.850. The molecular formula is C12H23ClN2O4. The third kappa shape index (κ3) is 6.75. The van der Waals surface area contributed by atoms with E-state index in [1.807, 2.05) is 6.92 Å². The first-order chi connectivity index (χ1) is 8.50. The molecule has 0 radical (unpaired) electrons. The fourth-order valence-corrected chi connectivity index (χ4v) is 1.75. The molecule has 1 rings (SSSR count). The molecule has 0 spiro atoms. The van der Waals surface area contributed by atoms with Crippen LogP contribution in [0, 0.1) is 0 Å². The first-order valence-corrected chi connectivity index (χ1v) is 6.33. The van der Waals surface area contributed by atoms with Crippen molar-refractivity contribution in [2.75, 3.05) is 19.7 Å². The van der Waals surface area contributed by atoms with Crippen LogP contribution in [0.3, 0.4) is 0 Å². The molecule has 19 heavy (non-hydrogen) atoms. The molecule has 0 saturated carbocycles. The predicted molar refractivity (Wildman–Crippen MR) is 73.3 cm³/mol. The molecule has 0 unspecified atom stereocenters. The summed E-state index contributed by atoms with van der Waals surface area (Å²) < 4.78 is 10.3. The highest BCUT2D eigenvalue weighted by Gasteiger charge is 2.27. The lowest BCUT2D eigenvalue weighted by atomic mass is 10.1. The zero-order valence-corrected chi connectivity index (χ0v) is 12.4. The number of hydrogen-bond acceptors (Lipinski definition) is 5. The number of esters is 1. The fourth-order valence-electron chi connectivity index (χ4n) is 1.75. The molecule has 1 amide bonds. The van der Waals surface area contributed by atoms with Gasteiger partial charge in [0.25, 0.3) is 0 Å². The smallest absolute Gasteiger partial charge is 0.307 e. The summed E-state index contributed by atoms with van der Waals surface area (Å²) in [5.74, 6) is -0.439. The van der Waals surface area contributed by atoms with E-state index in [4.69, 9.17) is 9.47 Å². The van der Waals surface area contributed by atoms with Crippen LogP contribution in [-0.4, -0.2) is 49.8 Å². The van der Waals surface area contributed by atoms with E-state index in [1.54, 1.807) is 13.8 Å². The zero-order chi connectivity index (χ0) is 13.5. The summed E-state index contributed by atoms with van der Waals surface area (Å²) in [6.07, 6.45) is -0.0886. The largest absolute Gasteiger partial charge is 0.463 e. The van der Waals surface area contributed by atoms with Crippen LogP contribution in [0.2, 0.25) is 0 Å². The molecule has 112 valence electrons. The van der Waals surface area contributed by atoms with Crippen molar-refractivity contribution < 1.29 is 19.1 Å². The molecule has 0 aromatic carbocycles. The molecule has 1 saturated heterocycles. The highest BCUT2D eigenvalue weighted by Crippen LogP contribution is 2.03. The Bertz CT molecular complexity index is 299. The van der Waals surface area contributed by atoms with Gasteiger partial charge in [-0.05, 0) is 20.8 Å². The minimum atomic E-state index is -0.347. The molecule has 1 aliphatic heterocycles. The Morgan fingerprint density at radius 3 is 2.74 bits per heavy atom. The number of carbonyl (C=O) groups excluding carboxylic acids is 2. The van der Waals surface area contributed by atoms with Crippen LogP contribution >= 0.6 is 12.4 Å². The number of carbonyl (C=O) groups is 2. The number of ether oxygens (including phenoxy) is 2. The van der Waals surface area contributed by atoms with Gasteiger partial charge < -0.3 is 20.1 Å². The Morgan fingerprint density at radius 2 is 2.16 bits per heavy atom. The minimum Gasteiger partial charge on any atom is -0.463 e. The minimum absolute atomic E-state index is 0. The van der Waals surface area contributed by atoms with Crippen LogP contribution in [0.1, 0.15) is 27.2 Å². The SMILES string of the molecule is CC(C)OC(=O)CCNC(=O)[C@H]1NCCO[C@@H]1C.Cl. The van der Waals surface area contributed by atoms with Gasteiger partial charge >= 0.3 is 5.97 Å². The normalized spacial score (nSPS) is 22.5. The Kier molecular flexibility index (Phi) is 8.71. The number of rotatable bonds is 5. The summed E-state index contributed by atoms with van der Waals surface area (Å²) in [4.78, 5) is 23.1. The maximum absolute atomic E-state index is 11.8. The summed E-state index contributed by atoms with van der Waals surface area (Å²) in [5, 5.41) is 5.79. The Labute approximate surface area is 120 Å². The predicted octanol–water partition coefficient (Wildman–Crippen LogP) is 0.243. The van der Waals surface area contributed by atoms with Crippen molar-refractivity contribution in [1.29, 1.82) is 0 Å². The third-order valence-electron chi connectivity index (χ3n) is 2.59. The topological polar surface area (TPSA) is 76.7 Å². The molecule has 0 bridgehead atoms. The summed E-state index contributed by atoms with van der Waals surface area (Å²) in [5.41, 5.74) is 0. The number of nitrogens with one attached hydrogen (secondary N) is 2. The molecule has 2 atom stereocenters. The second-order valence-corrected chi connectivity index (χ2v) is 4.59.